The van der Waals surface area contributed by atoms with Crippen molar-refractivity contribution in [1.82, 2.24) is 24.3 Å². The number of aliphatic hydroxyl groups is 2. The number of likely N-dealkylation sites (N-methyl/N-ethyl adjacent to an activating group) is 2. The molecule has 20 heteroatoms. The van der Waals surface area contributed by atoms with Crippen LogP contribution in [0.25, 0.3) is 0 Å². The van der Waals surface area contributed by atoms with Crippen molar-refractivity contribution < 1.29 is 51.6 Å². The number of aromatic nitrogens is 2. The predicted molar refractivity (Wildman–Crippen MR) is 214 cm³/mol. The van der Waals surface area contributed by atoms with Crippen molar-refractivity contribution in [1.29, 1.82) is 0 Å². The Morgan fingerprint density at radius 1 is 0.770 bits per heavy atom. The van der Waals surface area contributed by atoms with Gasteiger partial charge < -0.3 is 49.7 Å². The lowest BCUT2D eigenvalue weighted by atomic mass is 10.1. The van der Waals surface area contributed by atoms with E-state index in [1.807, 2.05) is 6.92 Å². The van der Waals surface area contributed by atoms with Crippen molar-refractivity contribution >= 4 is 33.7 Å². The smallest absolute Gasteiger partial charge is 0.274 e. The van der Waals surface area contributed by atoms with Crippen LogP contribution in [0.15, 0.2) is 50.5 Å². The Kier molecular flexibility index (Phi) is 13.4. The molecule has 2 aromatic heterocycles. The number of rotatable bonds is 8. The van der Waals surface area contributed by atoms with E-state index < -0.39 is 52.7 Å². The second kappa shape index (κ2) is 18.2. The first kappa shape index (κ1) is 45.0. The maximum absolute atomic E-state index is 13.9. The number of nitrogens with zero attached hydrogens (tertiary/aromatic N) is 4. The van der Waals surface area contributed by atoms with Gasteiger partial charge in [0.05, 0.1) is 54.4 Å². The standard InChI is InChI=1S/C21H21F2N3O5.C13H15BrN2O4.C7H7F2N/c1-3-25-9-12-7-14(27)16-15(18(28)19(31-2)17(21(25)30)26(12)16)20(29)24-8-10-4-5-11(22)6-13(10)23;1-3-15-5-6-4-7(17)9-8(14)11(18)12(20-2)10(13(15)19)16(6)9;8-6-2-1-5(4-10)7(9)3-6/h4-6,12,14,27H,3,7-9H2,1-2H3,(H,24,29);6-7,17H,3-5H2,1-2H3;1-3H,4,10H2. The summed E-state index contributed by atoms with van der Waals surface area (Å²) in [6.07, 6.45) is -1.13. The highest BCUT2D eigenvalue weighted by Crippen LogP contribution is 2.44. The van der Waals surface area contributed by atoms with Crippen LogP contribution in [0.2, 0.25) is 0 Å². The topological polar surface area (TPSA) is 199 Å². The summed E-state index contributed by atoms with van der Waals surface area (Å²) in [5, 5.41) is 23.3. The molecule has 5 N–H and O–H groups in total. The average Bonchev–Trinajstić information content (AvgIpc) is 3.74. The molecule has 326 valence electrons. The van der Waals surface area contributed by atoms with Crippen LogP contribution in [0.1, 0.15) is 105 Å². The van der Waals surface area contributed by atoms with Crippen LogP contribution in [0.4, 0.5) is 17.6 Å². The van der Waals surface area contributed by atoms with Crippen LogP contribution >= 0.6 is 15.9 Å². The molecule has 4 aliphatic heterocycles. The molecule has 4 atom stereocenters. The number of methoxy groups -OCH3 is 2. The number of halogens is 5. The van der Waals surface area contributed by atoms with Crippen LogP contribution < -0.4 is 31.4 Å². The Labute approximate surface area is 354 Å². The van der Waals surface area contributed by atoms with E-state index in [0.717, 1.165) is 12.1 Å². The van der Waals surface area contributed by atoms with E-state index in [4.69, 9.17) is 15.2 Å². The number of aliphatic hydroxyl groups excluding tert-OH is 2. The third kappa shape index (κ3) is 8.16. The molecule has 3 amide bonds. The number of carbonyl (C=O) groups excluding carboxylic acids is 3. The van der Waals surface area contributed by atoms with Crippen molar-refractivity contribution in [2.45, 2.75) is 64.1 Å². The summed E-state index contributed by atoms with van der Waals surface area (Å²) in [5.41, 5.74) is 4.74. The second-order valence-corrected chi connectivity index (χ2v) is 15.3. The van der Waals surface area contributed by atoms with Gasteiger partial charge in [0.15, 0.2) is 22.9 Å². The SMILES string of the molecule is CCN1CC2CC(O)c3c(Br)c(=O)c(OC)c(n32)C1=O.CCN1CC2CC(O)c3c(C(=O)NCc4ccc(F)cc4F)c(=O)c(OC)c(n32)C1=O.NCc1ccc(F)cc1F. The molecule has 4 aromatic rings. The number of nitrogens with two attached hydrogens (primary N) is 1. The van der Waals surface area contributed by atoms with E-state index in [2.05, 4.69) is 21.2 Å². The van der Waals surface area contributed by atoms with Gasteiger partial charge >= 0.3 is 0 Å². The first-order chi connectivity index (χ1) is 29.0. The maximum Gasteiger partial charge on any atom is 0.274 e. The highest BCUT2D eigenvalue weighted by atomic mass is 79.9. The molecule has 2 aromatic carbocycles. The molecular weight excluding hydrogens is 876 g/mol. The van der Waals surface area contributed by atoms with Gasteiger partial charge in [-0.2, -0.15) is 0 Å². The second-order valence-electron chi connectivity index (χ2n) is 14.5. The fourth-order valence-corrected chi connectivity index (χ4v) is 8.77. The minimum atomic E-state index is -1.13. The largest absolute Gasteiger partial charge is 0.491 e. The van der Waals surface area contributed by atoms with E-state index in [1.165, 1.54) is 37.0 Å². The fraction of sp³-hybridized carbons (Fsp3) is 0.390. The minimum absolute atomic E-state index is 0.0123. The summed E-state index contributed by atoms with van der Waals surface area (Å²) in [7, 11) is 2.61. The number of ether oxygens (including phenoxy) is 2. The van der Waals surface area contributed by atoms with E-state index >= 15 is 0 Å². The predicted octanol–water partition coefficient (Wildman–Crippen LogP) is 4.02. The summed E-state index contributed by atoms with van der Waals surface area (Å²) in [4.78, 5) is 67.0. The highest BCUT2D eigenvalue weighted by Gasteiger charge is 2.45. The minimum Gasteiger partial charge on any atom is -0.491 e. The normalized spacial score (nSPS) is 19.3. The highest BCUT2D eigenvalue weighted by molar-refractivity contribution is 9.10. The first-order valence-corrected chi connectivity index (χ1v) is 20.0. The molecular formula is C41H43BrF4N6O9. The van der Waals surface area contributed by atoms with E-state index in [9.17, 15) is 51.7 Å². The third-order valence-corrected chi connectivity index (χ3v) is 11.8. The van der Waals surface area contributed by atoms with Gasteiger partial charge in [-0.15, -0.1) is 0 Å². The van der Waals surface area contributed by atoms with Crippen LogP contribution in [0, 0.1) is 23.3 Å². The molecule has 0 saturated heterocycles. The van der Waals surface area contributed by atoms with Crippen LogP contribution in [0.5, 0.6) is 11.5 Å². The summed E-state index contributed by atoms with van der Waals surface area (Å²) in [6, 6.07) is 5.95. The van der Waals surface area contributed by atoms with Gasteiger partial charge in [0.1, 0.15) is 28.8 Å². The van der Waals surface area contributed by atoms with Gasteiger partial charge in [-0.1, -0.05) is 12.1 Å². The van der Waals surface area contributed by atoms with Gasteiger partial charge in [0.25, 0.3) is 17.7 Å². The molecule has 0 aliphatic carbocycles. The van der Waals surface area contributed by atoms with Crippen LogP contribution in [-0.4, -0.2) is 87.3 Å². The van der Waals surface area contributed by atoms with Gasteiger partial charge in [-0.3, -0.25) is 24.0 Å². The molecule has 4 unspecified atom stereocenters. The van der Waals surface area contributed by atoms with Crippen molar-refractivity contribution in [3.05, 3.63) is 124 Å². The zero-order valence-electron chi connectivity index (χ0n) is 33.4. The molecule has 0 radical (unpaired) electrons. The maximum atomic E-state index is 13.9. The van der Waals surface area contributed by atoms with Crippen LogP contribution in [-0.2, 0) is 13.1 Å². The van der Waals surface area contributed by atoms with Crippen molar-refractivity contribution in [2.75, 3.05) is 40.4 Å². The molecule has 0 fully saturated rings. The van der Waals surface area contributed by atoms with Gasteiger partial charge in [0, 0.05) is 75.4 Å². The summed E-state index contributed by atoms with van der Waals surface area (Å²) in [5.74, 6) is -4.45. The molecule has 6 heterocycles. The lowest BCUT2D eigenvalue weighted by Gasteiger charge is -2.34. The quantitative estimate of drug-likeness (QED) is 0.188. The van der Waals surface area contributed by atoms with Crippen molar-refractivity contribution in [2.24, 2.45) is 5.73 Å². The van der Waals surface area contributed by atoms with Gasteiger partial charge in [-0.25, -0.2) is 17.6 Å². The van der Waals surface area contributed by atoms with E-state index in [-0.39, 0.29) is 87.1 Å². The zero-order valence-corrected chi connectivity index (χ0v) is 35.0. The number of amides is 3. The third-order valence-electron chi connectivity index (χ3n) is 11.0. The molecule has 15 nitrogen and oxygen atoms in total. The van der Waals surface area contributed by atoms with Gasteiger partial charge in [-0.05, 0) is 41.9 Å². The van der Waals surface area contributed by atoms with Crippen molar-refractivity contribution in [3.8, 4) is 11.5 Å². The number of pyridine rings is 2. The first-order valence-electron chi connectivity index (χ1n) is 19.2. The van der Waals surface area contributed by atoms with E-state index in [0.29, 0.717) is 49.9 Å². The Morgan fingerprint density at radius 3 is 1.69 bits per heavy atom. The molecule has 0 bridgehead atoms. The zero-order chi connectivity index (χ0) is 44.6. The van der Waals surface area contributed by atoms with E-state index in [1.54, 1.807) is 21.3 Å². The number of hydrogen-bond acceptors (Lipinski definition) is 10. The average molecular weight is 920 g/mol. The summed E-state index contributed by atoms with van der Waals surface area (Å²) < 4.78 is 65.7. The lowest BCUT2D eigenvalue weighted by molar-refractivity contribution is 0.0662. The molecule has 4 aliphatic rings. The number of carbonyl (C=O) groups is 3. The Hall–Kier alpha value is -5.57. The lowest BCUT2D eigenvalue weighted by Crippen LogP contribution is -2.44. The molecule has 8 rings (SSSR count). The Balaban J connectivity index is 0.000000176. The molecule has 0 saturated carbocycles. The molecule has 61 heavy (non-hydrogen) atoms. The Morgan fingerprint density at radius 2 is 1.23 bits per heavy atom. The Bertz CT molecular complexity index is 2540. The van der Waals surface area contributed by atoms with Crippen molar-refractivity contribution in [3.63, 3.8) is 0 Å². The van der Waals surface area contributed by atoms with Gasteiger partial charge in [0.2, 0.25) is 10.9 Å². The monoisotopic (exact) mass is 918 g/mol. The number of hydrogen-bond donors (Lipinski definition) is 4. The van der Waals surface area contributed by atoms with Crippen LogP contribution in [0.3, 0.4) is 0 Å². The number of nitrogens with one attached hydrogen (secondary N) is 1. The molecule has 0 spiro atoms. The summed E-state index contributed by atoms with van der Waals surface area (Å²) in [6.45, 7) is 5.37. The number of benzene rings is 2. The fourth-order valence-electron chi connectivity index (χ4n) is 8.14. The summed E-state index contributed by atoms with van der Waals surface area (Å²) >= 11 is 3.23.